The highest BCUT2D eigenvalue weighted by atomic mass is 32.2. The summed E-state index contributed by atoms with van der Waals surface area (Å²) in [6, 6.07) is 65.2. The van der Waals surface area contributed by atoms with Crippen LogP contribution in [0.2, 0.25) is 0 Å². The minimum atomic E-state index is 0.295. The lowest BCUT2D eigenvalue weighted by Gasteiger charge is -2.35. The molecule has 0 spiro atoms. The molecule has 0 amide bonds. The lowest BCUT2D eigenvalue weighted by atomic mass is 9.57. The Morgan fingerprint density at radius 2 is 1.24 bits per heavy atom. The zero-order valence-electron chi connectivity index (χ0n) is 29.9. The third-order valence-corrected chi connectivity index (χ3v) is 14.3. The molecule has 258 valence electrons. The predicted molar refractivity (Wildman–Crippen MR) is 238 cm³/mol. The number of hydrogen-bond acceptors (Lipinski definition) is 4. The molecule has 0 aliphatic carbocycles. The molecule has 2 nitrogen and oxygen atoms in total. The molecule has 8 aromatic carbocycles. The standard InChI is InChI=1S/C50H33BN2S2/c1-3-12-30(13-4-1)32-22-25-34(26-23-32)53-42-27-24-33(31-14-5-2-6-15-31)28-41(42)51-46-39(29-40-35-16-7-9-20-43(35)54-49(40)48(46)53)36-18-11-19-38-45-37-17-8-10-21-44(37)55-50(45)52-47(36)38/h1-29,45,50-52H. The summed E-state index contributed by atoms with van der Waals surface area (Å²) in [5, 5.41) is 7.00. The molecule has 1 aromatic heterocycles. The molecule has 0 radical (unpaired) electrons. The minimum absolute atomic E-state index is 0.295. The summed E-state index contributed by atoms with van der Waals surface area (Å²) in [4.78, 5) is 3.96. The maximum atomic E-state index is 4.06. The molecule has 0 bridgehead atoms. The van der Waals surface area contributed by atoms with Crippen LogP contribution in [0, 0.1) is 0 Å². The molecule has 4 heterocycles. The number of anilines is 4. The minimum Gasteiger partial charge on any atom is -0.371 e. The number of fused-ring (bicyclic) bond motifs is 11. The van der Waals surface area contributed by atoms with E-state index in [0.717, 1.165) is 7.28 Å². The predicted octanol–water partition coefficient (Wildman–Crippen LogP) is 12.2. The molecule has 3 aliphatic rings. The summed E-state index contributed by atoms with van der Waals surface area (Å²) in [5.41, 5.74) is 18.1. The Bertz CT molecular complexity index is 2970. The van der Waals surface area contributed by atoms with Crippen molar-refractivity contribution in [3.8, 4) is 33.4 Å². The smallest absolute Gasteiger partial charge is 0.198 e. The van der Waals surface area contributed by atoms with Crippen LogP contribution in [0.4, 0.5) is 22.7 Å². The number of nitrogens with zero attached hydrogens (tertiary/aromatic N) is 1. The molecular weight excluding hydrogens is 704 g/mol. The molecule has 9 aromatic rings. The largest absolute Gasteiger partial charge is 0.371 e. The van der Waals surface area contributed by atoms with Gasteiger partial charge in [0, 0.05) is 48.9 Å². The van der Waals surface area contributed by atoms with E-state index in [-0.39, 0.29) is 0 Å². The fourth-order valence-corrected chi connectivity index (χ4v) is 11.9. The number of rotatable bonds is 4. The van der Waals surface area contributed by atoms with Crippen molar-refractivity contribution in [1.82, 2.24) is 0 Å². The van der Waals surface area contributed by atoms with Gasteiger partial charge in [-0.1, -0.05) is 145 Å². The highest BCUT2D eigenvalue weighted by Gasteiger charge is 2.42. The topological polar surface area (TPSA) is 15.3 Å². The lowest BCUT2D eigenvalue weighted by Crippen LogP contribution is -2.41. The summed E-state index contributed by atoms with van der Waals surface area (Å²) in [6.07, 6.45) is 0. The van der Waals surface area contributed by atoms with Gasteiger partial charge in [0.1, 0.15) is 0 Å². The van der Waals surface area contributed by atoms with E-state index in [0.29, 0.717) is 11.3 Å². The van der Waals surface area contributed by atoms with Gasteiger partial charge >= 0.3 is 0 Å². The maximum absolute atomic E-state index is 4.06. The van der Waals surface area contributed by atoms with E-state index in [2.05, 4.69) is 186 Å². The molecule has 3 aliphatic heterocycles. The average molecular weight is 737 g/mol. The first-order chi connectivity index (χ1) is 27.3. The highest BCUT2D eigenvalue weighted by molar-refractivity contribution is 8.00. The van der Waals surface area contributed by atoms with Crippen LogP contribution in [0.1, 0.15) is 17.0 Å². The first-order valence-electron chi connectivity index (χ1n) is 19.0. The summed E-state index contributed by atoms with van der Waals surface area (Å²) < 4.78 is 2.66. The van der Waals surface area contributed by atoms with Crippen LogP contribution >= 0.6 is 23.1 Å². The van der Waals surface area contributed by atoms with Crippen molar-refractivity contribution in [2.24, 2.45) is 0 Å². The number of nitrogens with one attached hydrogen (secondary N) is 1. The molecule has 2 atom stereocenters. The van der Waals surface area contributed by atoms with E-state index < -0.39 is 0 Å². The Morgan fingerprint density at radius 3 is 2.07 bits per heavy atom. The second-order valence-corrected chi connectivity index (χ2v) is 17.1. The van der Waals surface area contributed by atoms with E-state index in [1.54, 1.807) is 0 Å². The van der Waals surface area contributed by atoms with Gasteiger partial charge in [0.2, 0.25) is 0 Å². The Morgan fingerprint density at radius 1 is 0.545 bits per heavy atom. The van der Waals surface area contributed by atoms with E-state index in [1.165, 1.54) is 103 Å². The van der Waals surface area contributed by atoms with Crippen molar-refractivity contribution in [2.45, 2.75) is 16.2 Å². The van der Waals surface area contributed by atoms with Crippen molar-refractivity contribution >= 4 is 84.2 Å². The number of para-hydroxylation sites is 1. The summed E-state index contributed by atoms with van der Waals surface area (Å²) in [6.45, 7) is 0. The summed E-state index contributed by atoms with van der Waals surface area (Å²) in [7, 11) is 0.845. The first-order valence-corrected chi connectivity index (χ1v) is 20.7. The Kier molecular flexibility index (Phi) is 6.99. The Hall–Kier alpha value is -6.01. The van der Waals surface area contributed by atoms with Crippen molar-refractivity contribution in [3.63, 3.8) is 0 Å². The van der Waals surface area contributed by atoms with Gasteiger partial charge in [0.15, 0.2) is 7.28 Å². The van der Waals surface area contributed by atoms with Crippen molar-refractivity contribution in [3.05, 3.63) is 187 Å². The molecule has 5 heteroatoms. The SMILES string of the molecule is B1c2cc(-c3ccccc3)ccc2N(c2ccc(-c3ccccc3)cc2)c2c1c(-c1cccc3c1NC1Sc4ccccc4C31)cc1c2sc2ccccc21. The van der Waals surface area contributed by atoms with Crippen LogP contribution in [0.25, 0.3) is 53.6 Å². The number of thiophene rings is 1. The highest BCUT2D eigenvalue weighted by Crippen LogP contribution is 2.57. The molecule has 1 N–H and O–H groups in total. The second kappa shape index (κ2) is 12.3. The van der Waals surface area contributed by atoms with Gasteiger partial charge in [-0.25, -0.2) is 0 Å². The third kappa shape index (κ3) is 4.83. The van der Waals surface area contributed by atoms with Crippen LogP contribution in [0.5, 0.6) is 0 Å². The molecular formula is C50H33BN2S2. The van der Waals surface area contributed by atoms with Gasteiger partial charge in [0.25, 0.3) is 0 Å². The van der Waals surface area contributed by atoms with Crippen molar-refractivity contribution in [2.75, 3.05) is 10.2 Å². The van der Waals surface area contributed by atoms with E-state index in [4.69, 9.17) is 0 Å². The van der Waals surface area contributed by atoms with Gasteiger partial charge < -0.3 is 10.2 Å². The zero-order chi connectivity index (χ0) is 36.0. The molecule has 55 heavy (non-hydrogen) atoms. The van der Waals surface area contributed by atoms with Gasteiger partial charge in [-0.15, -0.1) is 23.1 Å². The average Bonchev–Trinajstić information content (AvgIpc) is 3.93. The van der Waals surface area contributed by atoms with Crippen LogP contribution in [-0.4, -0.2) is 12.7 Å². The molecule has 0 saturated carbocycles. The molecule has 2 unspecified atom stereocenters. The van der Waals surface area contributed by atoms with Gasteiger partial charge in [-0.2, -0.15) is 0 Å². The summed E-state index contributed by atoms with van der Waals surface area (Å²) in [5.74, 6) is 0.339. The Labute approximate surface area is 329 Å². The first kappa shape index (κ1) is 31.4. The summed E-state index contributed by atoms with van der Waals surface area (Å²) >= 11 is 3.90. The fraction of sp³-hybridized carbons (Fsp3) is 0.0400. The van der Waals surface area contributed by atoms with Crippen molar-refractivity contribution in [1.29, 1.82) is 0 Å². The third-order valence-electron chi connectivity index (χ3n) is 11.8. The van der Waals surface area contributed by atoms with E-state index in [1.807, 2.05) is 23.1 Å². The van der Waals surface area contributed by atoms with Crippen LogP contribution in [0.15, 0.2) is 181 Å². The van der Waals surface area contributed by atoms with Crippen LogP contribution in [0.3, 0.4) is 0 Å². The number of thioether (sulfide) groups is 1. The van der Waals surface area contributed by atoms with Crippen LogP contribution in [-0.2, 0) is 0 Å². The van der Waals surface area contributed by atoms with E-state index in [9.17, 15) is 0 Å². The fourth-order valence-electron chi connectivity index (χ4n) is 9.32. The van der Waals surface area contributed by atoms with E-state index >= 15 is 0 Å². The van der Waals surface area contributed by atoms with Crippen LogP contribution < -0.4 is 21.1 Å². The number of hydrogen-bond donors (Lipinski definition) is 1. The van der Waals surface area contributed by atoms with Gasteiger partial charge in [0.05, 0.1) is 15.8 Å². The number of benzene rings is 8. The monoisotopic (exact) mass is 736 g/mol. The molecule has 12 rings (SSSR count). The Balaban J connectivity index is 1.12. The quantitative estimate of drug-likeness (QED) is 0.181. The van der Waals surface area contributed by atoms with Crippen molar-refractivity contribution < 1.29 is 0 Å². The van der Waals surface area contributed by atoms with Gasteiger partial charge in [-0.05, 0) is 80.8 Å². The molecule has 0 fully saturated rings. The van der Waals surface area contributed by atoms with Gasteiger partial charge in [-0.3, -0.25) is 0 Å². The maximum Gasteiger partial charge on any atom is 0.198 e. The molecule has 0 saturated heterocycles. The second-order valence-electron chi connectivity index (χ2n) is 14.8. The lowest BCUT2D eigenvalue weighted by molar-refractivity contribution is 0.869. The normalized spacial score (nSPS) is 16.2. The zero-order valence-corrected chi connectivity index (χ0v) is 31.5.